The lowest BCUT2D eigenvalue weighted by atomic mass is 9.81. The molecule has 0 aliphatic heterocycles. The van der Waals surface area contributed by atoms with Gasteiger partial charge in [-0.05, 0) is 69.9 Å². The van der Waals surface area contributed by atoms with Crippen molar-refractivity contribution in [1.82, 2.24) is 0 Å². The van der Waals surface area contributed by atoms with Crippen LogP contribution in [0.25, 0.3) is 0 Å². The lowest BCUT2D eigenvalue weighted by molar-refractivity contribution is 0.385. The molecule has 24 heavy (non-hydrogen) atoms. The van der Waals surface area contributed by atoms with Crippen LogP contribution < -0.4 is 0 Å². The molecular weight excluding hydrogens is 288 g/mol. The predicted molar refractivity (Wildman–Crippen MR) is 112 cm³/mol. The summed E-state index contributed by atoms with van der Waals surface area (Å²) in [6.45, 7) is 20.5. The highest BCUT2D eigenvalue weighted by molar-refractivity contribution is 5.45. The fourth-order valence-corrected chi connectivity index (χ4v) is 3.51. The summed E-state index contributed by atoms with van der Waals surface area (Å²) in [5, 5.41) is 0. The minimum Gasteiger partial charge on any atom is -0.103 e. The van der Waals surface area contributed by atoms with Crippen LogP contribution in [0.3, 0.4) is 0 Å². The molecule has 0 N–H and O–H groups in total. The van der Waals surface area contributed by atoms with E-state index in [0.29, 0.717) is 0 Å². The fraction of sp³-hybridized carbons (Fsp3) is 0.667. The Bertz CT molecular complexity index is 423. The van der Waals surface area contributed by atoms with Crippen molar-refractivity contribution in [3.05, 3.63) is 47.6 Å². The quantitative estimate of drug-likeness (QED) is 0.352. The lowest BCUT2D eigenvalue weighted by Crippen LogP contribution is -2.08. The average Bonchev–Trinajstić information content (AvgIpc) is 2.53. The summed E-state index contributed by atoms with van der Waals surface area (Å²) in [5.41, 5.74) is 5.90. The molecule has 0 aromatic heterocycles. The van der Waals surface area contributed by atoms with Crippen molar-refractivity contribution >= 4 is 0 Å². The SMILES string of the molecule is C=CC.C=CC(=C(C)C)C1=C(C)CCC(C)C1.CC1CCCCC1. The van der Waals surface area contributed by atoms with Gasteiger partial charge in [-0.2, -0.15) is 0 Å². The Morgan fingerprint density at radius 2 is 1.50 bits per heavy atom. The Morgan fingerprint density at radius 1 is 0.958 bits per heavy atom. The number of allylic oxidation sites excluding steroid dienone is 6. The van der Waals surface area contributed by atoms with Gasteiger partial charge in [0.15, 0.2) is 0 Å². The van der Waals surface area contributed by atoms with Crippen LogP contribution >= 0.6 is 0 Å². The van der Waals surface area contributed by atoms with Crippen molar-refractivity contribution in [2.75, 3.05) is 0 Å². The maximum absolute atomic E-state index is 3.92. The first kappa shape index (κ1) is 23.0. The molecule has 0 heterocycles. The Morgan fingerprint density at radius 3 is 1.88 bits per heavy atom. The first-order chi connectivity index (χ1) is 11.4. The fourth-order valence-electron chi connectivity index (χ4n) is 3.51. The van der Waals surface area contributed by atoms with Gasteiger partial charge in [-0.25, -0.2) is 0 Å². The molecule has 1 fully saturated rings. The summed E-state index contributed by atoms with van der Waals surface area (Å²) in [6.07, 6.45) is 15.1. The Kier molecular flexibility index (Phi) is 12.7. The van der Waals surface area contributed by atoms with Crippen LogP contribution in [-0.4, -0.2) is 0 Å². The highest BCUT2D eigenvalue weighted by Gasteiger charge is 2.17. The van der Waals surface area contributed by atoms with Gasteiger partial charge in [-0.3, -0.25) is 0 Å². The van der Waals surface area contributed by atoms with E-state index in [-0.39, 0.29) is 0 Å². The molecule has 2 aliphatic carbocycles. The third kappa shape index (κ3) is 9.30. The molecule has 0 nitrogen and oxygen atoms in total. The van der Waals surface area contributed by atoms with E-state index < -0.39 is 0 Å². The first-order valence-corrected chi connectivity index (χ1v) is 9.93. The number of hydrogen-bond donors (Lipinski definition) is 0. The summed E-state index contributed by atoms with van der Waals surface area (Å²) in [4.78, 5) is 0. The maximum atomic E-state index is 3.92. The second-order valence-corrected chi connectivity index (χ2v) is 7.88. The molecule has 1 atom stereocenters. The monoisotopic (exact) mass is 330 g/mol. The molecule has 138 valence electrons. The van der Waals surface area contributed by atoms with Gasteiger partial charge >= 0.3 is 0 Å². The van der Waals surface area contributed by atoms with Crippen molar-refractivity contribution < 1.29 is 0 Å². The smallest absolute Gasteiger partial charge is 0.0244 e. The lowest BCUT2D eigenvalue weighted by Gasteiger charge is -2.24. The van der Waals surface area contributed by atoms with Crippen molar-refractivity contribution in [3.63, 3.8) is 0 Å². The zero-order valence-corrected chi connectivity index (χ0v) is 17.4. The summed E-state index contributed by atoms with van der Waals surface area (Å²) >= 11 is 0. The zero-order valence-electron chi connectivity index (χ0n) is 17.4. The molecule has 1 unspecified atom stereocenters. The van der Waals surface area contributed by atoms with Crippen LogP contribution in [0.5, 0.6) is 0 Å². The Balaban J connectivity index is 0.000000439. The summed E-state index contributed by atoms with van der Waals surface area (Å²) in [6, 6.07) is 0. The second-order valence-electron chi connectivity index (χ2n) is 7.88. The van der Waals surface area contributed by atoms with Crippen LogP contribution in [0, 0.1) is 11.8 Å². The average molecular weight is 331 g/mol. The Labute approximate surface area is 152 Å². The molecule has 0 amide bonds. The third-order valence-electron chi connectivity index (χ3n) is 5.04. The third-order valence-corrected chi connectivity index (χ3v) is 5.04. The summed E-state index contributed by atoms with van der Waals surface area (Å²) in [5.74, 6) is 1.87. The van der Waals surface area contributed by atoms with Gasteiger partial charge in [-0.15, -0.1) is 6.58 Å². The highest BCUT2D eigenvalue weighted by Crippen LogP contribution is 2.34. The van der Waals surface area contributed by atoms with Crippen molar-refractivity contribution in [2.24, 2.45) is 11.8 Å². The largest absolute Gasteiger partial charge is 0.103 e. The van der Waals surface area contributed by atoms with E-state index in [2.05, 4.69) is 47.8 Å². The summed E-state index contributed by atoms with van der Waals surface area (Å²) in [7, 11) is 0. The maximum Gasteiger partial charge on any atom is -0.0244 e. The normalized spacial score (nSPS) is 20.8. The van der Waals surface area contributed by atoms with Crippen LogP contribution in [0.4, 0.5) is 0 Å². The summed E-state index contributed by atoms with van der Waals surface area (Å²) < 4.78 is 0. The van der Waals surface area contributed by atoms with E-state index in [1.165, 1.54) is 62.5 Å². The molecule has 0 bridgehead atoms. The van der Waals surface area contributed by atoms with Gasteiger partial charge in [0, 0.05) is 0 Å². The zero-order chi connectivity index (χ0) is 18.5. The van der Waals surface area contributed by atoms with Gasteiger partial charge in [0.2, 0.25) is 0 Å². The molecule has 2 rings (SSSR count). The minimum absolute atomic E-state index is 0.836. The van der Waals surface area contributed by atoms with Gasteiger partial charge < -0.3 is 0 Å². The molecular formula is C24H42. The van der Waals surface area contributed by atoms with Gasteiger partial charge in [0.1, 0.15) is 0 Å². The minimum atomic E-state index is 0.836. The molecule has 0 heteroatoms. The highest BCUT2D eigenvalue weighted by atomic mass is 14.2. The molecule has 0 aromatic carbocycles. The van der Waals surface area contributed by atoms with E-state index in [0.717, 1.165) is 11.8 Å². The van der Waals surface area contributed by atoms with E-state index >= 15 is 0 Å². The van der Waals surface area contributed by atoms with Crippen LogP contribution in [-0.2, 0) is 0 Å². The van der Waals surface area contributed by atoms with Gasteiger partial charge in [0.05, 0.1) is 0 Å². The van der Waals surface area contributed by atoms with Gasteiger partial charge in [0.25, 0.3) is 0 Å². The Hall–Kier alpha value is -1.04. The number of rotatable bonds is 2. The second kappa shape index (κ2) is 13.3. The van der Waals surface area contributed by atoms with E-state index in [9.17, 15) is 0 Å². The van der Waals surface area contributed by atoms with E-state index in [4.69, 9.17) is 0 Å². The molecule has 0 radical (unpaired) electrons. The molecule has 1 saturated carbocycles. The van der Waals surface area contributed by atoms with E-state index in [1.54, 1.807) is 17.2 Å². The van der Waals surface area contributed by atoms with Crippen molar-refractivity contribution in [3.8, 4) is 0 Å². The van der Waals surface area contributed by atoms with Crippen LogP contribution in [0.15, 0.2) is 47.6 Å². The van der Waals surface area contributed by atoms with Crippen molar-refractivity contribution in [2.45, 2.75) is 92.9 Å². The number of hydrogen-bond acceptors (Lipinski definition) is 0. The van der Waals surface area contributed by atoms with Crippen LogP contribution in [0.2, 0.25) is 0 Å². The molecule has 0 aromatic rings. The van der Waals surface area contributed by atoms with Crippen molar-refractivity contribution in [1.29, 1.82) is 0 Å². The van der Waals surface area contributed by atoms with Crippen LogP contribution in [0.1, 0.15) is 92.9 Å². The molecule has 0 saturated heterocycles. The first-order valence-electron chi connectivity index (χ1n) is 9.93. The van der Waals surface area contributed by atoms with Gasteiger partial charge in [-0.1, -0.05) is 75.8 Å². The predicted octanol–water partition coefficient (Wildman–Crippen LogP) is 8.42. The molecule has 0 spiro atoms. The molecule has 2 aliphatic rings. The van der Waals surface area contributed by atoms with E-state index in [1.807, 2.05) is 13.0 Å². The standard InChI is InChI=1S/C14H22.C7H14.C3H6/c1-6-13(10(2)3)14-9-11(4)7-8-12(14)5;1-7-5-3-2-4-6-7;1-3-2/h6,11H,1,7-9H2,2-5H3;7H,2-6H2,1H3;3H,1H2,2H3. The topological polar surface area (TPSA) is 0 Å².